The topological polar surface area (TPSA) is 41.1 Å². The van der Waals surface area contributed by atoms with E-state index in [1.807, 2.05) is 6.92 Å². The van der Waals surface area contributed by atoms with E-state index in [0.717, 1.165) is 25.4 Å². The van der Waals surface area contributed by atoms with E-state index in [0.29, 0.717) is 0 Å². The van der Waals surface area contributed by atoms with E-state index in [1.165, 1.54) is 19.3 Å². The van der Waals surface area contributed by atoms with Crippen molar-refractivity contribution in [3.05, 3.63) is 0 Å². The molecular weight excluding hydrogens is 176 g/mol. The zero-order valence-electron chi connectivity index (χ0n) is 9.31. The number of amides is 1. The average Bonchev–Trinajstić information content (AvgIpc) is 2.11. The van der Waals surface area contributed by atoms with E-state index in [2.05, 4.69) is 17.6 Å². The molecule has 0 aliphatic heterocycles. The lowest BCUT2D eigenvalue weighted by Crippen LogP contribution is -2.44. The van der Waals surface area contributed by atoms with Crippen LogP contribution in [0, 0.1) is 5.92 Å². The van der Waals surface area contributed by atoms with Gasteiger partial charge in [-0.05, 0) is 38.6 Å². The molecule has 1 aliphatic rings. The van der Waals surface area contributed by atoms with Gasteiger partial charge in [0.2, 0.25) is 5.91 Å². The van der Waals surface area contributed by atoms with Gasteiger partial charge in [0, 0.05) is 6.54 Å². The molecule has 0 heterocycles. The van der Waals surface area contributed by atoms with Crippen molar-refractivity contribution in [3.63, 3.8) is 0 Å². The summed E-state index contributed by atoms with van der Waals surface area (Å²) in [7, 11) is 0. The third-order valence-corrected chi connectivity index (χ3v) is 2.88. The minimum atomic E-state index is -0.0397. The molecule has 1 atom stereocenters. The minimum absolute atomic E-state index is 0.0397. The summed E-state index contributed by atoms with van der Waals surface area (Å²) in [4.78, 5) is 11.4. The number of nitrogens with one attached hydrogen (secondary N) is 2. The van der Waals surface area contributed by atoms with E-state index in [4.69, 9.17) is 0 Å². The molecule has 0 aromatic heterocycles. The molecule has 1 aliphatic carbocycles. The van der Waals surface area contributed by atoms with Crippen molar-refractivity contribution in [1.82, 2.24) is 10.6 Å². The van der Waals surface area contributed by atoms with Crippen LogP contribution in [0.25, 0.3) is 0 Å². The molecule has 14 heavy (non-hydrogen) atoms. The Balaban J connectivity index is 2.06. The first kappa shape index (κ1) is 11.5. The first-order valence-electron chi connectivity index (χ1n) is 5.75. The van der Waals surface area contributed by atoms with E-state index < -0.39 is 0 Å². The summed E-state index contributed by atoms with van der Waals surface area (Å²) in [5.74, 6) is 0.947. The smallest absolute Gasteiger partial charge is 0.236 e. The van der Waals surface area contributed by atoms with Gasteiger partial charge in [-0.3, -0.25) is 4.79 Å². The van der Waals surface area contributed by atoms with Gasteiger partial charge >= 0.3 is 0 Å². The molecule has 1 saturated carbocycles. The maximum Gasteiger partial charge on any atom is 0.236 e. The molecule has 3 heteroatoms. The predicted octanol–water partition coefficient (Wildman–Crippen LogP) is 1.29. The van der Waals surface area contributed by atoms with Crippen LogP contribution in [-0.4, -0.2) is 25.0 Å². The largest absolute Gasteiger partial charge is 0.355 e. The number of hydrogen-bond donors (Lipinski definition) is 2. The summed E-state index contributed by atoms with van der Waals surface area (Å²) < 4.78 is 0. The Bertz CT molecular complexity index is 178. The van der Waals surface area contributed by atoms with Crippen LogP contribution in [0.5, 0.6) is 0 Å². The Hall–Kier alpha value is -0.570. The van der Waals surface area contributed by atoms with Crippen molar-refractivity contribution in [2.24, 2.45) is 5.92 Å². The highest BCUT2D eigenvalue weighted by molar-refractivity contribution is 5.81. The van der Waals surface area contributed by atoms with E-state index >= 15 is 0 Å². The van der Waals surface area contributed by atoms with Crippen molar-refractivity contribution in [3.8, 4) is 0 Å². The van der Waals surface area contributed by atoms with Crippen molar-refractivity contribution in [2.45, 2.75) is 45.6 Å². The van der Waals surface area contributed by atoms with E-state index in [1.54, 1.807) is 0 Å². The summed E-state index contributed by atoms with van der Waals surface area (Å²) in [6.07, 6.45) is 5.02. The van der Waals surface area contributed by atoms with Crippen LogP contribution in [0.3, 0.4) is 0 Å². The second-order valence-electron chi connectivity index (χ2n) is 4.22. The predicted molar refractivity (Wildman–Crippen MR) is 58.1 cm³/mol. The van der Waals surface area contributed by atoms with Crippen LogP contribution >= 0.6 is 0 Å². The second kappa shape index (κ2) is 6.02. The summed E-state index contributed by atoms with van der Waals surface area (Å²) >= 11 is 0. The van der Waals surface area contributed by atoms with Gasteiger partial charge in [-0.2, -0.15) is 0 Å². The zero-order valence-corrected chi connectivity index (χ0v) is 9.31. The second-order valence-corrected chi connectivity index (χ2v) is 4.22. The van der Waals surface area contributed by atoms with Gasteiger partial charge in [-0.15, -0.1) is 0 Å². The average molecular weight is 198 g/mol. The molecule has 0 aromatic carbocycles. The Labute approximate surface area is 86.6 Å². The van der Waals surface area contributed by atoms with Crippen LogP contribution in [0.15, 0.2) is 0 Å². The number of rotatable bonds is 6. The molecule has 0 bridgehead atoms. The molecule has 0 spiro atoms. The molecule has 1 fully saturated rings. The highest BCUT2D eigenvalue weighted by Crippen LogP contribution is 2.25. The molecule has 1 unspecified atom stereocenters. The van der Waals surface area contributed by atoms with Crippen LogP contribution in [0.2, 0.25) is 0 Å². The lowest BCUT2D eigenvalue weighted by atomic mass is 9.85. The molecule has 2 N–H and O–H groups in total. The van der Waals surface area contributed by atoms with Gasteiger partial charge in [0.25, 0.3) is 0 Å². The Morgan fingerprint density at radius 3 is 2.71 bits per heavy atom. The van der Waals surface area contributed by atoms with Crippen molar-refractivity contribution in [2.75, 3.05) is 13.1 Å². The number of carbonyl (C=O) groups is 1. The molecule has 0 saturated heterocycles. The monoisotopic (exact) mass is 198 g/mol. The summed E-state index contributed by atoms with van der Waals surface area (Å²) in [6, 6.07) is -0.0397. The maximum absolute atomic E-state index is 11.4. The van der Waals surface area contributed by atoms with Crippen molar-refractivity contribution < 1.29 is 4.79 Å². The van der Waals surface area contributed by atoms with Crippen LogP contribution in [-0.2, 0) is 4.79 Å². The molecule has 3 nitrogen and oxygen atoms in total. The minimum Gasteiger partial charge on any atom is -0.355 e. The highest BCUT2D eigenvalue weighted by Gasteiger charge is 2.19. The first-order valence-corrected chi connectivity index (χ1v) is 5.75. The SMILES string of the molecule is CCCNC(=O)C(C)NCC1CCC1. The molecule has 0 radical (unpaired) electrons. The van der Waals surface area contributed by atoms with Gasteiger partial charge in [-0.25, -0.2) is 0 Å². The van der Waals surface area contributed by atoms with Gasteiger partial charge in [0.15, 0.2) is 0 Å². The lowest BCUT2D eigenvalue weighted by molar-refractivity contribution is -0.122. The van der Waals surface area contributed by atoms with Gasteiger partial charge in [0.05, 0.1) is 6.04 Å². The summed E-state index contributed by atoms with van der Waals surface area (Å²) in [6.45, 7) is 5.78. The normalized spacial score (nSPS) is 18.7. The van der Waals surface area contributed by atoms with Gasteiger partial charge in [-0.1, -0.05) is 13.3 Å². The van der Waals surface area contributed by atoms with E-state index in [-0.39, 0.29) is 11.9 Å². The van der Waals surface area contributed by atoms with Crippen LogP contribution in [0.4, 0.5) is 0 Å². The third-order valence-electron chi connectivity index (χ3n) is 2.88. The maximum atomic E-state index is 11.4. The third kappa shape index (κ3) is 3.66. The molecule has 1 amide bonds. The Kier molecular flexibility index (Phi) is 4.94. The van der Waals surface area contributed by atoms with Crippen LogP contribution < -0.4 is 10.6 Å². The zero-order chi connectivity index (χ0) is 10.4. The molecule has 0 aromatic rings. The van der Waals surface area contributed by atoms with Gasteiger partial charge < -0.3 is 10.6 Å². The number of carbonyl (C=O) groups excluding carboxylic acids is 1. The summed E-state index contributed by atoms with van der Waals surface area (Å²) in [5.41, 5.74) is 0. The fraction of sp³-hybridized carbons (Fsp3) is 0.909. The Morgan fingerprint density at radius 1 is 1.50 bits per heavy atom. The quantitative estimate of drug-likeness (QED) is 0.675. The number of hydrogen-bond acceptors (Lipinski definition) is 2. The first-order chi connectivity index (χ1) is 6.74. The summed E-state index contributed by atoms with van der Waals surface area (Å²) in [5, 5.41) is 6.17. The fourth-order valence-electron chi connectivity index (χ4n) is 1.53. The fourth-order valence-corrected chi connectivity index (χ4v) is 1.53. The molecular formula is C11H22N2O. The lowest BCUT2D eigenvalue weighted by Gasteiger charge is -2.27. The highest BCUT2D eigenvalue weighted by atomic mass is 16.2. The standard InChI is InChI=1S/C11H22N2O/c1-3-7-12-11(14)9(2)13-8-10-5-4-6-10/h9-10,13H,3-8H2,1-2H3,(H,12,14). The molecule has 1 rings (SSSR count). The molecule has 82 valence electrons. The van der Waals surface area contributed by atoms with Gasteiger partial charge in [0.1, 0.15) is 0 Å². The van der Waals surface area contributed by atoms with E-state index in [9.17, 15) is 4.79 Å². The van der Waals surface area contributed by atoms with Crippen molar-refractivity contribution in [1.29, 1.82) is 0 Å². The van der Waals surface area contributed by atoms with Crippen molar-refractivity contribution >= 4 is 5.91 Å². The van der Waals surface area contributed by atoms with Crippen LogP contribution in [0.1, 0.15) is 39.5 Å². The Morgan fingerprint density at radius 2 is 2.21 bits per heavy atom.